The molecule has 2 aliphatic rings. The maximum Gasteiger partial charge on any atom is 0.0771 e. The Morgan fingerprint density at radius 2 is 1.38 bits per heavy atom. The number of nitrogens with two attached hydrogens (primary N) is 1. The first-order chi connectivity index (χ1) is 19.7. The lowest BCUT2D eigenvalue weighted by Crippen LogP contribution is -2.03. The molecule has 2 N–H and O–H groups in total. The molecule has 0 unspecified atom stereocenters. The Morgan fingerprint density at radius 1 is 0.650 bits per heavy atom. The molecule has 0 saturated heterocycles. The predicted octanol–water partition coefficient (Wildman–Crippen LogP) is 9.63. The number of hydrogen-bond donors (Lipinski definition) is 1. The molecule has 0 spiro atoms. The summed E-state index contributed by atoms with van der Waals surface area (Å²) < 4.78 is 2.36. The Morgan fingerprint density at radius 3 is 2.17 bits per heavy atom. The molecule has 5 aromatic carbocycles. The number of aromatic nitrogens is 1. The van der Waals surface area contributed by atoms with Crippen LogP contribution in [0.2, 0.25) is 0 Å². The average Bonchev–Trinajstić information content (AvgIpc) is 3.32. The van der Waals surface area contributed by atoms with E-state index in [9.17, 15) is 0 Å². The second-order valence-electron chi connectivity index (χ2n) is 10.8. The van der Waals surface area contributed by atoms with Gasteiger partial charge in [-0.1, -0.05) is 109 Å². The van der Waals surface area contributed by atoms with E-state index in [1.165, 1.54) is 61.0 Å². The van der Waals surface area contributed by atoms with Crippen molar-refractivity contribution < 1.29 is 0 Å². The molecule has 0 radical (unpaired) electrons. The highest BCUT2D eigenvalue weighted by Crippen LogP contribution is 2.48. The molecule has 2 aliphatic carbocycles. The highest BCUT2D eigenvalue weighted by molar-refractivity contribution is 6.15. The minimum atomic E-state index is 0.830. The molecule has 1 heterocycles. The van der Waals surface area contributed by atoms with Gasteiger partial charge in [0.25, 0.3) is 0 Å². The van der Waals surface area contributed by atoms with Crippen molar-refractivity contribution in [2.75, 3.05) is 5.73 Å². The first-order valence-electron chi connectivity index (χ1n) is 13.9. The summed E-state index contributed by atoms with van der Waals surface area (Å²) in [7, 11) is 0. The second-order valence-corrected chi connectivity index (χ2v) is 10.8. The van der Waals surface area contributed by atoms with Crippen molar-refractivity contribution in [3.63, 3.8) is 0 Å². The van der Waals surface area contributed by atoms with Gasteiger partial charge in [0, 0.05) is 28.9 Å². The summed E-state index contributed by atoms with van der Waals surface area (Å²) in [4.78, 5) is 0. The smallest absolute Gasteiger partial charge is 0.0771 e. The average molecular weight is 513 g/mol. The van der Waals surface area contributed by atoms with Crippen LogP contribution in [0.5, 0.6) is 0 Å². The van der Waals surface area contributed by atoms with Gasteiger partial charge >= 0.3 is 0 Å². The van der Waals surface area contributed by atoms with Crippen LogP contribution in [-0.4, -0.2) is 4.57 Å². The van der Waals surface area contributed by atoms with Crippen molar-refractivity contribution in [1.29, 1.82) is 0 Å². The molecule has 190 valence electrons. The van der Waals surface area contributed by atoms with E-state index >= 15 is 0 Å². The van der Waals surface area contributed by atoms with E-state index < -0.39 is 0 Å². The predicted molar refractivity (Wildman–Crippen MR) is 170 cm³/mol. The number of hydrogen-bond acceptors (Lipinski definition) is 1. The fourth-order valence-electron chi connectivity index (χ4n) is 6.62. The normalized spacial score (nSPS) is 12.9. The molecule has 0 aliphatic heterocycles. The Bertz CT molecular complexity index is 2030. The van der Waals surface area contributed by atoms with Crippen LogP contribution in [0.4, 0.5) is 5.69 Å². The highest BCUT2D eigenvalue weighted by Gasteiger charge is 2.24. The number of rotatable bonds is 3. The van der Waals surface area contributed by atoms with E-state index in [4.69, 9.17) is 5.73 Å². The van der Waals surface area contributed by atoms with Crippen molar-refractivity contribution in [2.45, 2.75) is 13.3 Å². The second kappa shape index (κ2) is 8.72. The molecule has 0 atom stereocenters. The van der Waals surface area contributed by atoms with E-state index in [2.05, 4.69) is 139 Å². The van der Waals surface area contributed by atoms with Gasteiger partial charge in [-0.3, -0.25) is 0 Å². The molecule has 40 heavy (non-hydrogen) atoms. The molecule has 2 heteroatoms. The third-order valence-electron chi connectivity index (χ3n) is 8.53. The van der Waals surface area contributed by atoms with Crippen molar-refractivity contribution in [3.05, 3.63) is 138 Å². The Balaban J connectivity index is 1.25. The third kappa shape index (κ3) is 3.29. The van der Waals surface area contributed by atoms with Gasteiger partial charge in [0.05, 0.1) is 11.4 Å². The Labute approximate surface area is 234 Å². The standard InChI is InChI=1S/C38H28N2/c1-24-9-5-6-12-29(24)38-37(39)33-13-3-2-4-16-35(33)40(38)28-20-17-25(18-21-28)27-19-22-30-31-14-7-10-26-11-8-15-32(36(26)31)34(30)23-27/h2-15,17-23H,16,39H2,1H3. The molecule has 8 rings (SSSR count). The van der Waals surface area contributed by atoms with E-state index in [-0.39, 0.29) is 0 Å². The molecule has 0 saturated carbocycles. The lowest BCUT2D eigenvalue weighted by Gasteiger charge is -2.16. The van der Waals surface area contributed by atoms with E-state index in [0.717, 1.165) is 29.1 Å². The van der Waals surface area contributed by atoms with Crippen LogP contribution in [0.25, 0.3) is 67.2 Å². The minimum Gasteiger partial charge on any atom is -0.396 e. The first-order valence-corrected chi connectivity index (χ1v) is 13.9. The number of benzene rings is 5. The summed E-state index contributed by atoms with van der Waals surface area (Å²) in [5.74, 6) is 0. The van der Waals surface area contributed by atoms with E-state index in [0.29, 0.717) is 0 Å². The summed E-state index contributed by atoms with van der Waals surface area (Å²) in [6.45, 7) is 2.16. The summed E-state index contributed by atoms with van der Waals surface area (Å²) in [5, 5.41) is 2.67. The van der Waals surface area contributed by atoms with Gasteiger partial charge in [-0.05, 0) is 74.8 Å². The Hall–Kier alpha value is -5.08. The first kappa shape index (κ1) is 22.9. The summed E-state index contributed by atoms with van der Waals surface area (Å²) in [6.07, 6.45) is 9.37. The molecule has 1 aromatic heterocycles. The molecule has 6 aromatic rings. The highest BCUT2D eigenvalue weighted by atomic mass is 15.0. The largest absolute Gasteiger partial charge is 0.396 e. The zero-order chi connectivity index (χ0) is 26.8. The van der Waals surface area contributed by atoms with Gasteiger partial charge in [0.2, 0.25) is 0 Å². The summed E-state index contributed by atoms with van der Waals surface area (Å²) >= 11 is 0. The van der Waals surface area contributed by atoms with Crippen LogP contribution in [0.3, 0.4) is 0 Å². The van der Waals surface area contributed by atoms with Gasteiger partial charge in [-0.25, -0.2) is 0 Å². The number of aryl methyl sites for hydroxylation is 1. The topological polar surface area (TPSA) is 30.9 Å². The lowest BCUT2D eigenvalue weighted by atomic mass is 9.97. The van der Waals surface area contributed by atoms with Gasteiger partial charge in [-0.2, -0.15) is 0 Å². The van der Waals surface area contributed by atoms with Crippen LogP contribution >= 0.6 is 0 Å². The zero-order valence-electron chi connectivity index (χ0n) is 22.4. The van der Waals surface area contributed by atoms with E-state index in [1.807, 2.05) is 0 Å². The molecule has 0 fully saturated rings. The fraction of sp³-hybridized carbons (Fsp3) is 0.0526. The molecular weight excluding hydrogens is 484 g/mol. The van der Waals surface area contributed by atoms with Crippen molar-refractivity contribution in [3.8, 4) is 50.3 Å². The fourth-order valence-corrected chi connectivity index (χ4v) is 6.62. The number of allylic oxidation sites excluding steroid dienone is 3. The lowest BCUT2D eigenvalue weighted by molar-refractivity contribution is 0.978. The monoisotopic (exact) mass is 512 g/mol. The SMILES string of the molecule is Cc1ccccc1-c1c(N)c2c(n1-c1ccc(-c3ccc4c(c3)-c3cccc5cccc-4c35)cc1)CC=CC=C2. The van der Waals surface area contributed by atoms with Gasteiger partial charge in [0.15, 0.2) is 0 Å². The number of anilines is 1. The quantitative estimate of drug-likeness (QED) is 0.251. The van der Waals surface area contributed by atoms with Crippen LogP contribution in [0, 0.1) is 6.92 Å². The van der Waals surface area contributed by atoms with Crippen molar-refractivity contribution in [2.24, 2.45) is 0 Å². The third-order valence-corrected chi connectivity index (χ3v) is 8.53. The van der Waals surface area contributed by atoms with Crippen molar-refractivity contribution >= 4 is 22.5 Å². The maximum atomic E-state index is 6.87. The maximum absolute atomic E-state index is 6.87. The number of nitrogen functional groups attached to an aromatic ring is 1. The molecular formula is C38H28N2. The van der Waals surface area contributed by atoms with Crippen LogP contribution < -0.4 is 5.73 Å². The molecule has 2 nitrogen and oxygen atoms in total. The molecule has 0 bridgehead atoms. The minimum absolute atomic E-state index is 0.830. The summed E-state index contributed by atoms with van der Waals surface area (Å²) in [5.41, 5.74) is 22.4. The number of nitrogens with zero attached hydrogens (tertiary/aromatic N) is 1. The number of fused-ring (bicyclic) bond motifs is 4. The van der Waals surface area contributed by atoms with Gasteiger partial charge < -0.3 is 10.3 Å². The van der Waals surface area contributed by atoms with Crippen LogP contribution in [0.1, 0.15) is 16.8 Å². The van der Waals surface area contributed by atoms with Crippen LogP contribution in [0.15, 0.2) is 121 Å². The van der Waals surface area contributed by atoms with Gasteiger partial charge in [-0.15, -0.1) is 0 Å². The Kier molecular flexibility index (Phi) is 4.99. The van der Waals surface area contributed by atoms with Crippen molar-refractivity contribution in [1.82, 2.24) is 4.57 Å². The van der Waals surface area contributed by atoms with E-state index in [1.54, 1.807) is 0 Å². The summed E-state index contributed by atoms with van der Waals surface area (Å²) in [6, 6.07) is 37.6. The molecule has 0 amide bonds. The van der Waals surface area contributed by atoms with Crippen LogP contribution in [-0.2, 0) is 6.42 Å². The van der Waals surface area contributed by atoms with Gasteiger partial charge in [0.1, 0.15) is 0 Å². The zero-order valence-corrected chi connectivity index (χ0v) is 22.4.